The van der Waals surface area contributed by atoms with E-state index in [9.17, 15) is 0 Å². The third-order valence-corrected chi connectivity index (χ3v) is 4.91. The molecule has 28 heavy (non-hydrogen) atoms. The van der Waals surface area contributed by atoms with Crippen molar-refractivity contribution < 1.29 is 9.13 Å². The summed E-state index contributed by atoms with van der Waals surface area (Å²) < 4.78 is 8.24. The maximum atomic E-state index is 4.42. The van der Waals surface area contributed by atoms with E-state index in [-0.39, 0.29) is 5.54 Å². The van der Waals surface area contributed by atoms with Crippen molar-refractivity contribution in [2.24, 2.45) is 0 Å². The number of aryl methyl sites for hydroxylation is 2. The number of hydrogen-bond acceptors (Lipinski definition) is 2. The number of para-hydroxylation sites is 1. The van der Waals surface area contributed by atoms with Crippen molar-refractivity contribution in [3.05, 3.63) is 78.9 Å². The van der Waals surface area contributed by atoms with E-state index in [4.69, 9.17) is 0 Å². The summed E-state index contributed by atoms with van der Waals surface area (Å²) >= 11 is 0. The molecule has 6 nitrogen and oxygen atoms in total. The van der Waals surface area contributed by atoms with Gasteiger partial charge in [-0.3, -0.25) is 0 Å². The molecule has 0 aliphatic rings. The first kappa shape index (κ1) is 18.1. The largest absolute Gasteiger partial charge is 0.293 e. The Morgan fingerprint density at radius 3 is 2.14 bits per heavy atom. The molecule has 0 radical (unpaired) electrons. The fourth-order valence-electron chi connectivity index (χ4n) is 3.32. The lowest BCUT2D eigenvalue weighted by Gasteiger charge is -2.13. The molecule has 0 aliphatic carbocycles. The molecule has 142 valence electrons. The second-order valence-corrected chi connectivity index (χ2v) is 8.12. The quantitative estimate of drug-likeness (QED) is 0.518. The fourth-order valence-corrected chi connectivity index (χ4v) is 3.32. The van der Waals surface area contributed by atoms with Gasteiger partial charge in [-0.25, -0.2) is 13.7 Å². The van der Waals surface area contributed by atoms with Crippen molar-refractivity contribution in [1.29, 1.82) is 0 Å². The fraction of sp³-hybridized carbons (Fsp3) is 0.273. The average Bonchev–Trinajstić information content (AvgIpc) is 3.32. The van der Waals surface area contributed by atoms with Gasteiger partial charge >= 0.3 is 0 Å². The molecule has 0 saturated carbocycles. The van der Waals surface area contributed by atoms with E-state index < -0.39 is 0 Å². The predicted octanol–water partition coefficient (Wildman–Crippen LogP) is 2.99. The van der Waals surface area contributed by atoms with Crippen LogP contribution in [0.1, 0.15) is 31.9 Å². The molecule has 0 fully saturated rings. The van der Waals surface area contributed by atoms with E-state index in [1.54, 1.807) is 0 Å². The Kier molecular flexibility index (Phi) is 4.34. The Morgan fingerprint density at radius 2 is 1.54 bits per heavy atom. The van der Waals surface area contributed by atoms with E-state index in [2.05, 4.69) is 78.3 Å². The normalized spacial score (nSPS) is 11.8. The molecule has 0 spiro atoms. The highest BCUT2D eigenvalue weighted by Crippen LogP contribution is 2.18. The molecule has 0 unspecified atom stereocenters. The van der Waals surface area contributed by atoms with Crippen LogP contribution in [0.15, 0.2) is 67.8 Å². The Morgan fingerprint density at radius 1 is 0.821 bits per heavy atom. The second-order valence-electron chi connectivity index (χ2n) is 8.12. The summed E-state index contributed by atoms with van der Waals surface area (Å²) in [5.41, 5.74) is 3.71. The van der Waals surface area contributed by atoms with E-state index in [0.717, 1.165) is 11.6 Å². The monoisotopic (exact) mass is 374 g/mol. The van der Waals surface area contributed by atoms with Crippen LogP contribution in [-0.4, -0.2) is 19.3 Å². The van der Waals surface area contributed by atoms with Gasteiger partial charge in [0.1, 0.15) is 29.8 Å². The SMILES string of the molecule is Cc1cccc(C)c1-n1cc[n+](-c2ccc(-n3cc[n+](C(C)(C)C)c3)nn2)c1. The third-order valence-electron chi connectivity index (χ3n) is 4.91. The van der Waals surface area contributed by atoms with Crippen molar-refractivity contribution in [2.75, 3.05) is 0 Å². The summed E-state index contributed by atoms with van der Waals surface area (Å²) in [6, 6.07) is 10.3. The number of benzene rings is 1. The van der Waals surface area contributed by atoms with Crippen LogP contribution in [0.5, 0.6) is 0 Å². The number of imidazole rings is 2. The van der Waals surface area contributed by atoms with Crippen molar-refractivity contribution in [2.45, 2.75) is 40.2 Å². The molecule has 0 aliphatic heterocycles. The third kappa shape index (κ3) is 3.33. The molecular weight excluding hydrogens is 348 g/mol. The van der Waals surface area contributed by atoms with Gasteiger partial charge < -0.3 is 0 Å². The first-order chi connectivity index (χ1) is 13.3. The van der Waals surface area contributed by atoms with Crippen LogP contribution in [0.3, 0.4) is 0 Å². The summed E-state index contributed by atoms with van der Waals surface area (Å²) in [6.45, 7) is 10.8. The van der Waals surface area contributed by atoms with Crippen LogP contribution in [0.25, 0.3) is 17.3 Å². The summed E-state index contributed by atoms with van der Waals surface area (Å²) in [5, 5.41) is 8.83. The van der Waals surface area contributed by atoms with Gasteiger partial charge in [0.15, 0.2) is 6.33 Å². The molecule has 0 saturated heterocycles. The molecule has 4 aromatic rings. The molecule has 0 atom stereocenters. The minimum atomic E-state index is 0.0328. The van der Waals surface area contributed by atoms with Gasteiger partial charge in [0, 0.05) is 17.2 Å². The van der Waals surface area contributed by atoms with Gasteiger partial charge in [-0.05, 0) is 50.8 Å². The summed E-state index contributed by atoms with van der Waals surface area (Å²) in [7, 11) is 0. The minimum absolute atomic E-state index is 0.0328. The maximum absolute atomic E-state index is 4.42. The highest BCUT2D eigenvalue weighted by atomic mass is 15.3. The summed E-state index contributed by atoms with van der Waals surface area (Å²) in [5.74, 6) is 1.58. The highest BCUT2D eigenvalue weighted by Gasteiger charge is 2.21. The standard InChI is InChI=1S/C22H26N6/c1-17-7-6-8-18(2)21(17)27-12-11-25(15-27)19-9-10-20(24-23-19)26-13-14-28(16-26)22(3,4)5/h6-16H,1-5H3/q+2. The van der Waals surface area contributed by atoms with Gasteiger partial charge in [-0.1, -0.05) is 18.2 Å². The van der Waals surface area contributed by atoms with Crippen molar-refractivity contribution >= 4 is 0 Å². The van der Waals surface area contributed by atoms with Gasteiger partial charge in [0.25, 0.3) is 18.0 Å². The van der Waals surface area contributed by atoms with E-state index >= 15 is 0 Å². The molecule has 1 aromatic carbocycles. The van der Waals surface area contributed by atoms with Crippen molar-refractivity contribution in [3.63, 3.8) is 0 Å². The molecule has 3 heterocycles. The number of nitrogens with zero attached hydrogens (tertiary/aromatic N) is 6. The van der Waals surface area contributed by atoms with Crippen molar-refractivity contribution in [1.82, 2.24) is 19.3 Å². The van der Waals surface area contributed by atoms with Gasteiger partial charge in [0.05, 0.1) is 6.20 Å². The maximum Gasteiger partial charge on any atom is 0.293 e. The first-order valence-electron chi connectivity index (χ1n) is 9.43. The average molecular weight is 374 g/mol. The molecular formula is C22H26N6+2. The predicted molar refractivity (Wildman–Crippen MR) is 107 cm³/mol. The van der Waals surface area contributed by atoms with Crippen molar-refractivity contribution in [3.8, 4) is 17.3 Å². The Balaban J connectivity index is 1.62. The highest BCUT2D eigenvalue weighted by molar-refractivity contribution is 5.46. The molecule has 0 bridgehead atoms. The lowest BCUT2D eigenvalue weighted by molar-refractivity contribution is -0.753. The number of rotatable bonds is 3. The van der Waals surface area contributed by atoms with Crippen LogP contribution >= 0.6 is 0 Å². The van der Waals surface area contributed by atoms with Crippen LogP contribution in [0, 0.1) is 13.8 Å². The molecule has 6 heteroatoms. The van der Waals surface area contributed by atoms with Crippen LogP contribution < -0.4 is 9.13 Å². The smallest absolute Gasteiger partial charge is 0.236 e. The topological polar surface area (TPSA) is 43.4 Å². The van der Waals surface area contributed by atoms with Gasteiger partial charge in [0.2, 0.25) is 0 Å². The zero-order valence-electron chi connectivity index (χ0n) is 17.0. The van der Waals surface area contributed by atoms with Gasteiger partial charge in [-0.2, -0.15) is 4.57 Å². The number of hydrogen-bond donors (Lipinski definition) is 0. The van der Waals surface area contributed by atoms with Gasteiger partial charge in [-0.15, -0.1) is 0 Å². The summed E-state index contributed by atoms with van der Waals surface area (Å²) in [6.07, 6.45) is 12.2. The number of aromatic nitrogens is 6. The van der Waals surface area contributed by atoms with E-state index in [0.29, 0.717) is 0 Å². The first-order valence-corrected chi connectivity index (χ1v) is 9.43. The molecule has 0 amide bonds. The van der Waals surface area contributed by atoms with E-state index in [1.807, 2.05) is 52.5 Å². The van der Waals surface area contributed by atoms with Crippen LogP contribution in [0.4, 0.5) is 0 Å². The zero-order valence-corrected chi connectivity index (χ0v) is 17.0. The molecule has 0 N–H and O–H groups in total. The van der Waals surface area contributed by atoms with Crippen LogP contribution in [0.2, 0.25) is 0 Å². The molecule has 4 rings (SSSR count). The minimum Gasteiger partial charge on any atom is -0.236 e. The Hall–Kier alpha value is -3.28. The molecule has 3 aromatic heterocycles. The summed E-state index contributed by atoms with van der Waals surface area (Å²) in [4.78, 5) is 0. The zero-order chi connectivity index (χ0) is 19.9. The lowest BCUT2D eigenvalue weighted by Crippen LogP contribution is -2.48. The van der Waals surface area contributed by atoms with E-state index in [1.165, 1.54) is 16.8 Å². The Labute approximate surface area is 165 Å². The lowest BCUT2D eigenvalue weighted by atomic mass is 10.1. The van der Waals surface area contributed by atoms with Crippen LogP contribution in [-0.2, 0) is 5.54 Å². The Bertz CT molecular complexity index is 1090. The second kappa shape index (κ2) is 6.71.